The molecule has 8 heteroatoms. The van der Waals surface area contributed by atoms with E-state index in [4.69, 9.17) is 9.84 Å². The molecule has 100 valence electrons. The average Bonchev–Trinajstić information content (AvgIpc) is 2.52. The monoisotopic (exact) mass is 261 g/mol. The lowest BCUT2D eigenvalue weighted by Crippen LogP contribution is -2.43. The number of H-pyrrole nitrogens is 1. The van der Waals surface area contributed by atoms with Crippen LogP contribution in [0.5, 0.6) is 0 Å². The van der Waals surface area contributed by atoms with Crippen molar-refractivity contribution in [1.82, 2.24) is 9.55 Å². The molecular weight excluding hydrogens is 248 g/mol. The second-order valence-corrected chi connectivity index (χ2v) is 4.32. The van der Waals surface area contributed by atoms with Gasteiger partial charge in [0.2, 0.25) is 0 Å². The van der Waals surface area contributed by atoms with Crippen LogP contribution in [0, 0.1) is 0 Å². The molecule has 1 aliphatic heterocycles. The van der Waals surface area contributed by atoms with Gasteiger partial charge in [-0.25, -0.2) is 9.18 Å². The number of aliphatic hydroxyl groups is 2. The van der Waals surface area contributed by atoms with Gasteiger partial charge in [-0.05, 0) is 6.92 Å². The molecule has 0 saturated carbocycles. The van der Waals surface area contributed by atoms with Crippen LogP contribution in [0.2, 0.25) is 0 Å². The predicted octanol–water partition coefficient (Wildman–Crippen LogP) is -1.48. The molecule has 4 atom stereocenters. The standard InChI is InChI=1S/C10H13FN2O5/c1-10(11)7(16)5(4-14)18-8(10)13-3-2-6(15)12-9(13)17/h2-3,5,7-8,14,16H,4H2,1H3,(H,12,15,17)/t5-,7-,8-,10-/m1/s1/i1+1. The lowest BCUT2D eigenvalue weighted by molar-refractivity contribution is -0.0611. The molecule has 0 aliphatic carbocycles. The molecule has 1 fully saturated rings. The molecule has 7 nitrogen and oxygen atoms in total. The average molecular weight is 261 g/mol. The second kappa shape index (κ2) is 4.30. The number of alkyl halides is 1. The molecule has 0 bridgehead atoms. The van der Waals surface area contributed by atoms with Crippen molar-refractivity contribution in [3.05, 3.63) is 33.1 Å². The van der Waals surface area contributed by atoms with Gasteiger partial charge in [-0.1, -0.05) is 0 Å². The van der Waals surface area contributed by atoms with Gasteiger partial charge in [-0.15, -0.1) is 0 Å². The highest BCUT2D eigenvalue weighted by molar-refractivity contribution is 5.01. The topological polar surface area (TPSA) is 105 Å². The van der Waals surface area contributed by atoms with Crippen LogP contribution in [0.4, 0.5) is 4.39 Å². The van der Waals surface area contributed by atoms with Crippen LogP contribution < -0.4 is 11.2 Å². The number of nitrogens with one attached hydrogen (secondary N) is 1. The Balaban J connectivity index is 2.45. The summed E-state index contributed by atoms with van der Waals surface area (Å²) in [5.41, 5.74) is -3.72. The molecule has 0 unspecified atom stereocenters. The summed E-state index contributed by atoms with van der Waals surface area (Å²) in [6, 6.07) is 1.04. The number of rotatable bonds is 2. The predicted molar refractivity (Wildman–Crippen MR) is 57.8 cm³/mol. The first-order valence-electron chi connectivity index (χ1n) is 5.32. The summed E-state index contributed by atoms with van der Waals surface area (Å²) in [6.07, 6.45) is -3.01. The van der Waals surface area contributed by atoms with Crippen LogP contribution in [0.1, 0.15) is 13.2 Å². The maximum atomic E-state index is 14.3. The smallest absolute Gasteiger partial charge is 0.330 e. The van der Waals surface area contributed by atoms with E-state index in [0.717, 1.165) is 23.8 Å². The lowest BCUT2D eigenvalue weighted by Gasteiger charge is -2.24. The molecule has 0 amide bonds. The van der Waals surface area contributed by atoms with Crippen LogP contribution in [0.25, 0.3) is 0 Å². The number of hydrogen-bond donors (Lipinski definition) is 3. The third kappa shape index (κ3) is 1.88. The zero-order valence-corrected chi connectivity index (χ0v) is 9.54. The van der Waals surface area contributed by atoms with Crippen molar-refractivity contribution in [2.24, 2.45) is 0 Å². The maximum absolute atomic E-state index is 14.3. The Labute approximate surface area is 100 Å². The molecule has 0 aromatic carbocycles. The quantitative estimate of drug-likeness (QED) is 0.563. The Hall–Kier alpha value is -1.51. The summed E-state index contributed by atoms with van der Waals surface area (Å²) in [5, 5.41) is 18.6. The molecule has 1 aromatic heterocycles. The fourth-order valence-electron chi connectivity index (χ4n) is 1.97. The Morgan fingerprint density at radius 3 is 2.78 bits per heavy atom. The first kappa shape index (κ1) is 12.9. The number of halogens is 1. The minimum Gasteiger partial charge on any atom is -0.394 e. The van der Waals surface area contributed by atoms with Crippen molar-refractivity contribution in [3.63, 3.8) is 0 Å². The van der Waals surface area contributed by atoms with E-state index in [0.29, 0.717) is 0 Å². The van der Waals surface area contributed by atoms with E-state index >= 15 is 0 Å². The van der Waals surface area contributed by atoms with Gasteiger partial charge in [0.1, 0.15) is 12.2 Å². The molecule has 0 radical (unpaired) electrons. The highest BCUT2D eigenvalue weighted by atomic mass is 19.1. The maximum Gasteiger partial charge on any atom is 0.330 e. The molecule has 2 rings (SSSR count). The van der Waals surface area contributed by atoms with Gasteiger partial charge in [-0.2, -0.15) is 0 Å². The second-order valence-electron chi connectivity index (χ2n) is 4.32. The molecule has 3 N–H and O–H groups in total. The van der Waals surface area contributed by atoms with E-state index < -0.39 is 42.0 Å². The number of ether oxygens (including phenoxy) is 1. The minimum absolute atomic E-state index is 0.574. The van der Waals surface area contributed by atoms with Crippen molar-refractivity contribution in [2.75, 3.05) is 6.61 Å². The number of hydrogen-bond acceptors (Lipinski definition) is 5. The highest BCUT2D eigenvalue weighted by Crippen LogP contribution is 2.40. The van der Waals surface area contributed by atoms with E-state index in [1.165, 1.54) is 0 Å². The van der Waals surface area contributed by atoms with E-state index in [1.807, 2.05) is 4.98 Å². The number of aliphatic hydroxyl groups excluding tert-OH is 2. The molecule has 18 heavy (non-hydrogen) atoms. The van der Waals surface area contributed by atoms with Crippen molar-refractivity contribution in [3.8, 4) is 0 Å². The molecular formula is C10H13FN2O5. The summed E-state index contributed by atoms with van der Waals surface area (Å²) < 4.78 is 20.3. The minimum atomic E-state index is -2.25. The zero-order valence-electron chi connectivity index (χ0n) is 9.54. The van der Waals surface area contributed by atoms with Gasteiger partial charge in [0.15, 0.2) is 11.9 Å². The van der Waals surface area contributed by atoms with E-state index in [1.54, 1.807) is 0 Å². The van der Waals surface area contributed by atoms with Crippen LogP contribution in [0.3, 0.4) is 0 Å². The van der Waals surface area contributed by atoms with Crippen LogP contribution in [-0.2, 0) is 4.74 Å². The van der Waals surface area contributed by atoms with Crippen LogP contribution in [-0.4, -0.2) is 44.2 Å². The molecule has 1 aliphatic rings. The fourth-order valence-corrected chi connectivity index (χ4v) is 1.97. The van der Waals surface area contributed by atoms with Crippen LogP contribution >= 0.6 is 0 Å². The highest BCUT2D eigenvalue weighted by Gasteiger charge is 2.54. The van der Waals surface area contributed by atoms with Gasteiger partial charge in [0.05, 0.1) is 6.61 Å². The third-order valence-electron chi connectivity index (χ3n) is 3.00. The van der Waals surface area contributed by atoms with Gasteiger partial charge < -0.3 is 14.9 Å². The summed E-state index contributed by atoms with van der Waals surface area (Å²) >= 11 is 0. The largest absolute Gasteiger partial charge is 0.394 e. The van der Waals surface area contributed by atoms with Crippen molar-refractivity contribution < 1.29 is 19.3 Å². The first-order valence-corrected chi connectivity index (χ1v) is 5.32. The Kier molecular flexibility index (Phi) is 3.09. The SMILES string of the molecule is [13CH3][C@@]1(F)[C@H](O)[C@@H](CO)O[C@H]1n1ccc(=O)[nH]c1=O. The molecule has 1 aromatic rings. The Morgan fingerprint density at radius 2 is 2.28 bits per heavy atom. The zero-order chi connectivity index (χ0) is 13.5. The van der Waals surface area contributed by atoms with E-state index in [-0.39, 0.29) is 0 Å². The number of nitrogens with zero attached hydrogens (tertiary/aromatic N) is 1. The van der Waals surface area contributed by atoms with Crippen molar-refractivity contribution in [2.45, 2.75) is 31.0 Å². The molecule has 1 saturated heterocycles. The summed E-state index contributed by atoms with van der Waals surface area (Å²) in [6.45, 7) is 0.491. The first-order chi connectivity index (χ1) is 8.37. The summed E-state index contributed by atoms with van der Waals surface area (Å²) in [7, 11) is 0. The lowest BCUT2D eigenvalue weighted by atomic mass is 10.0. The van der Waals surface area contributed by atoms with Gasteiger partial charge >= 0.3 is 5.69 Å². The van der Waals surface area contributed by atoms with E-state index in [2.05, 4.69) is 0 Å². The molecule has 0 spiro atoms. The summed E-state index contributed by atoms with van der Waals surface area (Å²) in [4.78, 5) is 24.4. The van der Waals surface area contributed by atoms with Crippen molar-refractivity contribution in [1.29, 1.82) is 0 Å². The van der Waals surface area contributed by atoms with Gasteiger partial charge in [0.25, 0.3) is 5.56 Å². The fraction of sp³-hybridized carbons (Fsp3) is 0.600. The van der Waals surface area contributed by atoms with Gasteiger partial charge in [-0.3, -0.25) is 14.3 Å². The van der Waals surface area contributed by atoms with Gasteiger partial charge in [0, 0.05) is 12.3 Å². The number of aromatic nitrogens is 2. The Bertz CT molecular complexity index is 552. The summed E-state index contributed by atoms with van der Waals surface area (Å²) in [5.74, 6) is 0. The molecule has 2 heterocycles. The Morgan fingerprint density at radius 1 is 1.61 bits per heavy atom. The van der Waals surface area contributed by atoms with E-state index in [9.17, 15) is 19.1 Å². The van der Waals surface area contributed by atoms with Crippen molar-refractivity contribution >= 4 is 0 Å². The number of aromatic amines is 1. The van der Waals surface area contributed by atoms with Crippen LogP contribution in [0.15, 0.2) is 21.9 Å². The normalized spacial score (nSPS) is 35.9. The third-order valence-corrected chi connectivity index (χ3v) is 3.00.